The van der Waals surface area contributed by atoms with Gasteiger partial charge in [-0.15, -0.1) is 9.24 Å². The zero-order valence-electron chi connectivity index (χ0n) is 6.38. The van der Waals surface area contributed by atoms with Crippen LogP contribution in [-0.4, -0.2) is 0 Å². The lowest BCUT2D eigenvalue weighted by Crippen LogP contribution is -2.14. The van der Waals surface area contributed by atoms with E-state index < -0.39 is 0 Å². The molecular weight excluding hydrogens is 155 g/mol. The summed E-state index contributed by atoms with van der Waals surface area (Å²) >= 11 is 0. The van der Waals surface area contributed by atoms with E-state index in [9.17, 15) is 0 Å². The van der Waals surface area contributed by atoms with Crippen LogP contribution in [-0.2, 0) is 13.1 Å². The molecule has 0 aromatic heterocycles. The molecule has 1 atom stereocenters. The molecule has 60 valence electrons. The van der Waals surface area contributed by atoms with Gasteiger partial charge in [0, 0.05) is 13.1 Å². The van der Waals surface area contributed by atoms with Gasteiger partial charge in [-0.25, -0.2) is 0 Å². The third kappa shape index (κ3) is 1.78. The third-order valence-corrected chi connectivity index (χ3v) is 2.47. The molecule has 0 spiro atoms. The lowest BCUT2D eigenvalue weighted by Gasteiger charge is -2.06. The van der Waals surface area contributed by atoms with Crippen LogP contribution in [0.15, 0.2) is 18.2 Å². The summed E-state index contributed by atoms with van der Waals surface area (Å²) in [5.74, 6) is 0. The predicted octanol–water partition coefficient (Wildman–Crippen LogP) is 0.104. The molecule has 1 rings (SSSR count). The average Bonchev–Trinajstić information content (AvgIpc) is 2.05. The highest BCUT2D eigenvalue weighted by atomic mass is 31.0. The molecular formula is C8H13N2P. The van der Waals surface area contributed by atoms with Crippen LogP contribution in [0.2, 0.25) is 0 Å². The Kier molecular flexibility index (Phi) is 3.01. The Balaban J connectivity index is 3.10. The molecule has 0 saturated carbocycles. The molecule has 1 aromatic rings. The molecule has 0 amide bonds. The number of hydrogen-bond donors (Lipinski definition) is 2. The Labute approximate surface area is 69.2 Å². The molecule has 0 radical (unpaired) electrons. The molecule has 1 aromatic carbocycles. The van der Waals surface area contributed by atoms with Gasteiger partial charge in [-0.1, -0.05) is 18.2 Å². The molecule has 0 aliphatic heterocycles. The standard InChI is InChI=1S/C8H13N2P/c9-4-6-2-1-3-7(5-10)8(6)11/h1-3H,4-5,9-11H2. The van der Waals surface area contributed by atoms with Crippen molar-refractivity contribution < 1.29 is 0 Å². The fraction of sp³-hybridized carbons (Fsp3) is 0.250. The minimum Gasteiger partial charge on any atom is -0.326 e. The molecule has 0 heterocycles. The van der Waals surface area contributed by atoms with Crippen molar-refractivity contribution in [3.05, 3.63) is 29.3 Å². The predicted molar refractivity (Wildman–Crippen MR) is 51.6 cm³/mol. The van der Waals surface area contributed by atoms with Gasteiger partial charge >= 0.3 is 0 Å². The van der Waals surface area contributed by atoms with Crippen molar-refractivity contribution in [3.63, 3.8) is 0 Å². The van der Waals surface area contributed by atoms with E-state index in [2.05, 4.69) is 9.24 Å². The van der Waals surface area contributed by atoms with Crippen molar-refractivity contribution >= 4 is 14.5 Å². The van der Waals surface area contributed by atoms with E-state index in [1.54, 1.807) is 0 Å². The first-order valence-corrected chi connectivity index (χ1v) is 4.13. The molecule has 1 unspecified atom stereocenters. The second-order valence-electron chi connectivity index (χ2n) is 2.40. The van der Waals surface area contributed by atoms with Crippen LogP contribution in [0.1, 0.15) is 11.1 Å². The van der Waals surface area contributed by atoms with Gasteiger partial charge in [0.05, 0.1) is 0 Å². The van der Waals surface area contributed by atoms with Gasteiger partial charge in [-0.2, -0.15) is 0 Å². The minimum atomic E-state index is 0.576. The fourth-order valence-corrected chi connectivity index (χ4v) is 1.45. The Morgan fingerprint density at radius 2 is 1.55 bits per heavy atom. The number of benzene rings is 1. The first kappa shape index (κ1) is 8.66. The van der Waals surface area contributed by atoms with E-state index in [-0.39, 0.29) is 0 Å². The maximum Gasteiger partial charge on any atom is 0.0184 e. The van der Waals surface area contributed by atoms with Crippen molar-refractivity contribution in [2.45, 2.75) is 13.1 Å². The monoisotopic (exact) mass is 168 g/mol. The summed E-state index contributed by atoms with van der Waals surface area (Å²) in [4.78, 5) is 0. The lowest BCUT2D eigenvalue weighted by atomic mass is 10.1. The van der Waals surface area contributed by atoms with Crippen molar-refractivity contribution in [1.29, 1.82) is 0 Å². The van der Waals surface area contributed by atoms with E-state index in [0.29, 0.717) is 13.1 Å². The maximum absolute atomic E-state index is 5.52. The Hall–Kier alpha value is -0.430. The van der Waals surface area contributed by atoms with Gasteiger partial charge < -0.3 is 11.5 Å². The summed E-state index contributed by atoms with van der Waals surface area (Å²) in [5.41, 5.74) is 13.3. The van der Waals surface area contributed by atoms with Crippen LogP contribution in [0.3, 0.4) is 0 Å². The van der Waals surface area contributed by atoms with Crippen LogP contribution in [0.5, 0.6) is 0 Å². The molecule has 11 heavy (non-hydrogen) atoms. The molecule has 2 nitrogen and oxygen atoms in total. The largest absolute Gasteiger partial charge is 0.326 e. The molecule has 0 fully saturated rings. The van der Waals surface area contributed by atoms with Crippen LogP contribution in [0.4, 0.5) is 0 Å². The second kappa shape index (κ2) is 3.82. The smallest absolute Gasteiger partial charge is 0.0184 e. The van der Waals surface area contributed by atoms with Crippen LogP contribution >= 0.6 is 9.24 Å². The van der Waals surface area contributed by atoms with E-state index in [0.717, 1.165) is 16.4 Å². The van der Waals surface area contributed by atoms with Crippen LogP contribution < -0.4 is 16.8 Å². The summed E-state index contributed by atoms with van der Waals surface area (Å²) in [6.07, 6.45) is 0. The Morgan fingerprint density at radius 3 is 1.91 bits per heavy atom. The summed E-state index contributed by atoms with van der Waals surface area (Å²) < 4.78 is 0. The maximum atomic E-state index is 5.52. The zero-order valence-corrected chi connectivity index (χ0v) is 7.53. The fourth-order valence-electron chi connectivity index (χ4n) is 1.02. The lowest BCUT2D eigenvalue weighted by molar-refractivity contribution is 1.05. The zero-order chi connectivity index (χ0) is 8.27. The van der Waals surface area contributed by atoms with E-state index in [4.69, 9.17) is 11.5 Å². The summed E-state index contributed by atoms with van der Waals surface area (Å²) in [7, 11) is 2.67. The van der Waals surface area contributed by atoms with Gasteiger partial charge in [0.15, 0.2) is 0 Å². The molecule has 0 aliphatic rings. The summed E-state index contributed by atoms with van der Waals surface area (Å²) in [6, 6.07) is 6.01. The molecule has 0 bridgehead atoms. The first-order chi connectivity index (χ1) is 5.29. The summed E-state index contributed by atoms with van der Waals surface area (Å²) in [6.45, 7) is 1.15. The normalized spacial score (nSPS) is 10.1. The van der Waals surface area contributed by atoms with Crippen molar-refractivity contribution in [3.8, 4) is 0 Å². The third-order valence-electron chi connectivity index (χ3n) is 1.73. The highest BCUT2D eigenvalue weighted by Gasteiger charge is 1.99. The highest BCUT2D eigenvalue weighted by Crippen LogP contribution is 2.05. The van der Waals surface area contributed by atoms with E-state index >= 15 is 0 Å². The van der Waals surface area contributed by atoms with E-state index in [1.807, 2.05) is 18.2 Å². The molecule has 4 N–H and O–H groups in total. The number of hydrogen-bond acceptors (Lipinski definition) is 2. The number of rotatable bonds is 2. The quantitative estimate of drug-likeness (QED) is 0.615. The highest BCUT2D eigenvalue weighted by molar-refractivity contribution is 7.27. The van der Waals surface area contributed by atoms with Gasteiger partial charge in [-0.3, -0.25) is 0 Å². The Morgan fingerprint density at radius 1 is 1.09 bits per heavy atom. The number of nitrogens with two attached hydrogens (primary N) is 2. The van der Waals surface area contributed by atoms with Crippen molar-refractivity contribution in [2.24, 2.45) is 11.5 Å². The molecule has 0 aliphatic carbocycles. The van der Waals surface area contributed by atoms with Gasteiger partial charge in [0.1, 0.15) is 0 Å². The van der Waals surface area contributed by atoms with Gasteiger partial charge in [-0.05, 0) is 16.4 Å². The van der Waals surface area contributed by atoms with Crippen molar-refractivity contribution in [2.75, 3.05) is 0 Å². The van der Waals surface area contributed by atoms with Crippen LogP contribution in [0.25, 0.3) is 0 Å². The van der Waals surface area contributed by atoms with Crippen molar-refractivity contribution in [1.82, 2.24) is 0 Å². The first-order valence-electron chi connectivity index (χ1n) is 3.56. The Bertz CT molecular complexity index is 226. The SMILES string of the molecule is NCc1cccc(CN)c1P. The molecule has 0 saturated heterocycles. The molecule has 3 heteroatoms. The van der Waals surface area contributed by atoms with E-state index in [1.165, 1.54) is 0 Å². The topological polar surface area (TPSA) is 52.0 Å². The van der Waals surface area contributed by atoms with Gasteiger partial charge in [0.2, 0.25) is 0 Å². The average molecular weight is 168 g/mol. The van der Waals surface area contributed by atoms with Crippen LogP contribution in [0, 0.1) is 0 Å². The van der Waals surface area contributed by atoms with Gasteiger partial charge in [0.25, 0.3) is 0 Å². The minimum absolute atomic E-state index is 0.576. The summed E-state index contributed by atoms with van der Waals surface area (Å²) in [5, 5.41) is 1.15. The second-order valence-corrected chi connectivity index (χ2v) is 2.98.